The van der Waals surface area contributed by atoms with Crippen molar-refractivity contribution >= 4 is 29.0 Å². The number of carbonyl (C=O) groups excluding carboxylic acids is 2. The molecule has 1 aliphatic carbocycles. The van der Waals surface area contributed by atoms with Crippen molar-refractivity contribution in [1.29, 1.82) is 0 Å². The fourth-order valence-corrected chi connectivity index (χ4v) is 5.42. The highest BCUT2D eigenvalue weighted by Crippen LogP contribution is 2.34. The second-order valence-electron chi connectivity index (χ2n) is 9.40. The van der Waals surface area contributed by atoms with Gasteiger partial charge in [0, 0.05) is 23.7 Å². The number of urea groups is 1. The van der Waals surface area contributed by atoms with Gasteiger partial charge in [0.15, 0.2) is 0 Å². The summed E-state index contributed by atoms with van der Waals surface area (Å²) in [7, 11) is 0. The molecule has 3 amide bonds. The normalized spacial score (nSPS) is 16.9. The van der Waals surface area contributed by atoms with E-state index in [0.29, 0.717) is 25.6 Å². The zero-order valence-electron chi connectivity index (χ0n) is 20.0. The Morgan fingerprint density at radius 1 is 1.09 bits per heavy atom. The van der Waals surface area contributed by atoms with Crippen LogP contribution in [0, 0.1) is 12.8 Å². The lowest BCUT2D eigenvalue weighted by Crippen LogP contribution is -2.49. The Hall–Kier alpha value is -3.32. The molecule has 1 saturated carbocycles. The fraction of sp³-hybridized carbons (Fsp3) is 0.357. The Bertz CT molecular complexity index is 1160. The van der Waals surface area contributed by atoms with E-state index in [2.05, 4.69) is 16.8 Å². The van der Waals surface area contributed by atoms with Gasteiger partial charge in [-0.2, -0.15) is 0 Å². The highest BCUT2D eigenvalue weighted by Gasteiger charge is 2.35. The van der Waals surface area contributed by atoms with Crippen LogP contribution in [0.2, 0.25) is 0 Å². The first kappa shape index (κ1) is 23.4. The summed E-state index contributed by atoms with van der Waals surface area (Å²) < 4.78 is 6.09. The number of amides is 3. The smallest absolute Gasteiger partial charge is 0.322 e. The van der Waals surface area contributed by atoms with Gasteiger partial charge in [-0.1, -0.05) is 35.9 Å². The van der Waals surface area contributed by atoms with Crippen molar-refractivity contribution in [2.75, 3.05) is 31.6 Å². The Labute approximate surface area is 210 Å². The summed E-state index contributed by atoms with van der Waals surface area (Å²) in [6, 6.07) is 19.1. The van der Waals surface area contributed by atoms with Gasteiger partial charge in [0.25, 0.3) is 0 Å². The van der Waals surface area contributed by atoms with Crippen LogP contribution in [0.1, 0.15) is 34.9 Å². The average Bonchev–Trinajstić information content (AvgIpc) is 3.56. The SMILES string of the molecule is Cc1ccc(NC(=O)N(CC(=O)N2CCc3sccc3[C@H]2COc2ccccc2)CC2CC2)cc1. The first-order valence-corrected chi connectivity index (χ1v) is 13.1. The summed E-state index contributed by atoms with van der Waals surface area (Å²) in [5, 5.41) is 5.06. The molecule has 5 rings (SSSR count). The standard InChI is InChI=1S/C28H31N3O3S/c1-20-7-11-22(12-8-20)29-28(33)30(17-21-9-10-21)18-27(32)31-15-13-26-24(14-16-35-26)25(31)19-34-23-5-3-2-4-6-23/h2-8,11-12,14,16,21,25H,9-10,13,15,17-19H2,1H3,(H,29,33)/t25-/m1/s1. The third-order valence-electron chi connectivity index (χ3n) is 6.66. The number of nitrogens with zero attached hydrogens (tertiary/aromatic N) is 2. The third kappa shape index (κ3) is 5.85. The van der Waals surface area contributed by atoms with E-state index >= 15 is 0 Å². The van der Waals surface area contributed by atoms with Crippen LogP contribution in [0.5, 0.6) is 5.75 Å². The lowest BCUT2D eigenvalue weighted by atomic mass is 10.0. The predicted molar refractivity (Wildman–Crippen MR) is 139 cm³/mol. The number of hydrogen-bond donors (Lipinski definition) is 1. The lowest BCUT2D eigenvalue weighted by molar-refractivity contribution is -0.135. The zero-order valence-corrected chi connectivity index (χ0v) is 20.8. The zero-order chi connectivity index (χ0) is 24.2. The van der Waals surface area contributed by atoms with E-state index in [4.69, 9.17) is 4.74 Å². The Morgan fingerprint density at radius 2 is 1.86 bits per heavy atom. The topological polar surface area (TPSA) is 61.9 Å². The van der Waals surface area contributed by atoms with Crippen LogP contribution < -0.4 is 10.1 Å². The Kier molecular flexibility index (Phi) is 7.04. The minimum absolute atomic E-state index is 0.0387. The summed E-state index contributed by atoms with van der Waals surface area (Å²) in [4.78, 5) is 31.7. The number of hydrogen-bond acceptors (Lipinski definition) is 4. The molecule has 2 aliphatic rings. The van der Waals surface area contributed by atoms with Gasteiger partial charge < -0.3 is 19.9 Å². The van der Waals surface area contributed by atoms with Gasteiger partial charge in [0.1, 0.15) is 18.9 Å². The molecule has 0 spiro atoms. The maximum Gasteiger partial charge on any atom is 0.322 e. The summed E-state index contributed by atoms with van der Waals surface area (Å²) >= 11 is 1.73. The lowest BCUT2D eigenvalue weighted by Gasteiger charge is -2.37. The second kappa shape index (κ2) is 10.5. The van der Waals surface area contributed by atoms with E-state index in [1.807, 2.05) is 66.4 Å². The van der Waals surface area contributed by atoms with E-state index in [9.17, 15) is 9.59 Å². The summed E-state index contributed by atoms with van der Waals surface area (Å²) in [6.45, 7) is 3.70. The third-order valence-corrected chi connectivity index (χ3v) is 7.65. The van der Waals surface area contributed by atoms with E-state index < -0.39 is 0 Å². The molecule has 1 aliphatic heterocycles. The highest BCUT2D eigenvalue weighted by atomic mass is 32.1. The maximum absolute atomic E-state index is 13.6. The number of para-hydroxylation sites is 1. The van der Waals surface area contributed by atoms with Crippen molar-refractivity contribution < 1.29 is 14.3 Å². The number of nitrogens with one attached hydrogen (secondary N) is 1. The molecule has 182 valence electrons. The van der Waals surface area contributed by atoms with Crippen LogP contribution in [-0.2, 0) is 11.2 Å². The van der Waals surface area contributed by atoms with Gasteiger partial charge in [-0.15, -0.1) is 11.3 Å². The Morgan fingerprint density at radius 3 is 2.60 bits per heavy atom. The number of ether oxygens (including phenoxy) is 1. The molecular formula is C28H31N3O3S. The second-order valence-corrected chi connectivity index (χ2v) is 10.4. The van der Waals surface area contributed by atoms with Gasteiger partial charge in [0.05, 0.1) is 6.04 Å². The number of aryl methyl sites for hydroxylation is 1. The molecule has 6 nitrogen and oxygen atoms in total. The van der Waals surface area contributed by atoms with E-state index in [0.717, 1.165) is 41.8 Å². The molecule has 1 N–H and O–H groups in total. The van der Waals surface area contributed by atoms with Gasteiger partial charge in [-0.05, 0) is 73.4 Å². The molecule has 0 saturated heterocycles. The van der Waals surface area contributed by atoms with E-state index in [1.54, 1.807) is 16.2 Å². The van der Waals surface area contributed by atoms with Crippen LogP contribution in [0.25, 0.3) is 0 Å². The van der Waals surface area contributed by atoms with Gasteiger partial charge in [-0.3, -0.25) is 4.79 Å². The molecule has 1 atom stereocenters. The molecule has 0 radical (unpaired) electrons. The molecule has 0 bridgehead atoms. The predicted octanol–water partition coefficient (Wildman–Crippen LogP) is 5.51. The molecular weight excluding hydrogens is 458 g/mol. The molecule has 3 aromatic rings. The van der Waals surface area contributed by atoms with E-state index in [1.165, 1.54) is 4.88 Å². The van der Waals surface area contributed by atoms with Crippen LogP contribution >= 0.6 is 11.3 Å². The largest absolute Gasteiger partial charge is 0.491 e. The maximum atomic E-state index is 13.6. The van der Waals surface area contributed by atoms with Crippen molar-refractivity contribution in [3.8, 4) is 5.75 Å². The quantitative estimate of drug-likeness (QED) is 0.454. The van der Waals surface area contributed by atoms with Crippen LogP contribution in [0.15, 0.2) is 66.0 Å². The van der Waals surface area contributed by atoms with Crippen molar-refractivity contribution in [2.45, 2.75) is 32.2 Å². The van der Waals surface area contributed by atoms with Crippen molar-refractivity contribution in [2.24, 2.45) is 5.92 Å². The molecule has 7 heteroatoms. The molecule has 35 heavy (non-hydrogen) atoms. The molecule has 2 heterocycles. The number of rotatable bonds is 8. The average molecular weight is 490 g/mol. The fourth-order valence-electron chi connectivity index (χ4n) is 4.49. The minimum Gasteiger partial charge on any atom is -0.491 e. The number of anilines is 1. The van der Waals surface area contributed by atoms with Crippen molar-refractivity contribution in [1.82, 2.24) is 9.80 Å². The monoisotopic (exact) mass is 489 g/mol. The van der Waals surface area contributed by atoms with Gasteiger partial charge in [0.2, 0.25) is 5.91 Å². The molecule has 1 aromatic heterocycles. The van der Waals surface area contributed by atoms with Crippen LogP contribution in [0.3, 0.4) is 0 Å². The van der Waals surface area contributed by atoms with Crippen molar-refractivity contribution in [3.05, 3.63) is 82.0 Å². The summed E-state index contributed by atoms with van der Waals surface area (Å²) in [5.74, 6) is 1.23. The molecule has 1 fully saturated rings. The van der Waals surface area contributed by atoms with E-state index in [-0.39, 0.29) is 24.5 Å². The first-order chi connectivity index (χ1) is 17.1. The van der Waals surface area contributed by atoms with Gasteiger partial charge in [-0.25, -0.2) is 4.79 Å². The molecule has 0 unspecified atom stereocenters. The number of fused-ring (bicyclic) bond motifs is 1. The number of benzene rings is 2. The van der Waals surface area contributed by atoms with Crippen molar-refractivity contribution in [3.63, 3.8) is 0 Å². The summed E-state index contributed by atoms with van der Waals surface area (Å²) in [6.07, 6.45) is 3.05. The minimum atomic E-state index is -0.223. The van der Waals surface area contributed by atoms with Gasteiger partial charge >= 0.3 is 6.03 Å². The highest BCUT2D eigenvalue weighted by molar-refractivity contribution is 7.10. The van der Waals surface area contributed by atoms with Crippen LogP contribution in [-0.4, -0.2) is 48.0 Å². The summed E-state index contributed by atoms with van der Waals surface area (Å²) in [5.41, 5.74) is 3.03. The molecule has 2 aromatic carbocycles. The first-order valence-electron chi connectivity index (χ1n) is 12.2. The number of thiophene rings is 1. The number of carbonyl (C=O) groups is 2. The van der Waals surface area contributed by atoms with Crippen LogP contribution in [0.4, 0.5) is 10.5 Å². The Balaban J connectivity index is 1.30.